The van der Waals surface area contributed by atoms with Crippen molar-refractivity contribution in [2.75, 3.05) is 13.2 Å². The molecule has 1 saturated heterocycles. The highest BCUT2D eigenvalue weighted by atomic mass is 19.1. The van der Waals surface area contributed by atoms with Crippen molar-refractivity contribution in [3.05, 3.63) is 0 Å². The molecule has 0 aromatic heterocycles. The number of hydrogen-bond donors (Lipinski definition) is 1. The van der Waals surface area contributed by atoms with Gasteiger partial charge in [0.1, 0.15) is 0 Å². The SMILES string of the molecule is CC(C)(N)C1(F)CCOC1. The summed E-state index contributed by atoms with van der Waals surface area (Å²) in [6, 6.07) is 0. The van der Waals surface area contributed by atoms with Gasteiger partial charge in [-0.05, 0) is 13.8 Å². The maximum atomic E-state index is 13.6. The Hall–Kier alpha value is -0.150. The van der Waals surface area contributed by atoms with E-state index in [-0.39, 0.29) is 6.61 Å². The molecule has 1 aliphatic heterocycles. The lowest BCUT2D eigenvalue weighted by atomic mass is 9.85. The van der Waals surface area contributed by atoms with Crippen molar-refractivity contribution < 1.29 is 9.13 Å². The minimum atomic E-state index is -1.31. The second-order valence-electron chi connectivity index (χ2n) is 3.49. The maximum Gasteiger partial charge on any atom is 0.153 e. The van der Waals surface area contributed by atoms with Crippen LogP contribution in [0.15, 0.2) is 0 Å². The smallest absolute Gasteiger partial charge is 0.153 e. The lowest BCUT2D eigenvalue weighted by Crippen LogP contribution is -2.53. The van der Waals surface area contributed by atoms with Crippen LogP contribution < -0.4 is 5.73 Å². The van der Waals surface area contributed by atoms with Crippen molar-refractivity contribution >= 4 is 0 Å². The van der Waals surface area contributed by atoms with Gasteiger partial charge in [0.25, 0.3) is 0 Å². The third-order valence-corrected chi connectivity index (χ3v) is 2.13. The molecule has 1 heterocycles. The van der Waals surface area contributed by atoms with Gasteiger partial charge in [0.05, 0.1) is 6.61 Å². The molecule has 1 rings (SSSR count). The number of hydrogen-bond acceptors (Lipinski definition) is 2. The van der Waals surface area contributed by atoms with Gasteiger partial charge in [-0.3, -0.25) is 0 Å². The Morgan fingerprint density at radius 1 is 1.60 bits per heavy atom. The quantitative estimate of drug-likeness (QED) is 0.596. The van der Waals surface area contributed by atoms with Gasteiger partial charge >= 0.3 is 0 Å². The zero-order valence-electron chi connectivity index (χ0n) is 6.48. The molecule has 1 fully saturated rings. The van der Waals surface area contributed by atoms with Gasteiger partial charge in [0.15, 0.2) is 5.67 Å². The average Bonchev–Trinajstić information content (AvgIpc) is 2.13. The standard InChI is InChI=1S/C7H14FNO/c1-6(2,9)7(8)3-4-10-5-7/h3-5,9H2,1-2H3. The number of rotatable bonds is 1. The number of halogens is 1. The summed E-state index contributed by atoms with van der Waals surface area (Å²) in [6.45, 7) is 4.04. The van der Waals surface area contributed by atoms with Gasteiger partial charge in [-0.1, -0.05) is 0 Å². The zero-order valence-corrected chi connectivity index (χ0v) is 6.48. The summed E-state index contributed by atoms with van der Waals surface area (Å²) in [5.74, 6) is 0. The van der Waals surface area contributed by atoms with Gasteiger partial charge in [0, 0.05) is 18.6 Å². The number of nitrogens with two attached hydrogens (primary N) is 1. The number of alkyl halides is 1. The molecule has 0 saturated carbocycles. The first kappa shape index (κ1) is 7.95. The number of ether oxygens (including phenoxy) is 1. The molecule has 3 heteroatoms. The Morgan fingerprint density at radius 2 is 2.20 bits per heavy atom. The van der Waals surface area contributed by atoms with Crippen LogP contribution in [0.1, 0.15) is 20.3 Å². The third-order valence-electron chi connectivity index (χ3n) is 2.13. The minimum absolute atomic E-state index is 0.149. The van der Waals surface area contributed by atoms with Crippen molar-refractivity contribution in [1.82, 2.24) is 0 Å². The van der Waals surface area contributed by atoms with E-state index in [1.807, 2.05) is 0 Å². The van der Waals surface area contributed by atoms with Crippen LogP contribution >= 0.6 is 0 Å². The first-order chi connectivity index (χ1) is 4.46. The van der Waals surface area contributed by atoms with Crippen LogP contribution in [-0.4, -0.2) is 24.4 Å². The van der Waals surface area contributed by atoms with E-state index in [1.54, 1.807) is 13.8 Å². The monoisotopic (exact) mass is 147 g/mol. The van der Waals surface area contributed by atoms with E-state index in [9.17, 15) is 4.39 Å². The molecule has 0 aliphatic carbocycles. The van der Waals surface area contributed by atoms with Crippen LogP contribution in [0.4, 0.5) is 4.39 Å². The minimum Gasteiger partial charge on any atom is -0.378 e. The van der Waals surface area contributed by atoms with Crippen LogP contribution in [0.25, 0.3) is 0 Å². The molecule has 0 aromatic rings. The topological polar surface area (TPSA) is 35.2 Å². The van der Waals surface area contributed by atoms with E-state index in [0.717, 1.165) is 0 Å². The molecular weight excluding hydrogens is 133 g/mol. The molecule has 1 aliphatic rings. The molecule has 2 nitrogen and oxygen atoms in total. The molecule has 2 N–H and O–H groups in total. The summed E-state index contributed by atoms with van der Waals surface area (Å²) in [4.78, 5) is 0. The molecule has 60 valence electrons. The van der Waals surface area contributed by atoms with Crippen molar-refractivity contribution in [3.8, 4) is 0 Å². The summed E-state index contributed by atoms with van der Waals surface area (Å²) < 4.78 is 18.5. The summed E-state index contributed by atoms with van der Waals surface area (Å²) in [5.41, 5.74) is 3.53. The second kappa shape index (κ2) is 2.17. The van der Waals surface area contributed by atoms with Crippen molar-refractivity contribution in [2.24, 2.45) is 5.73 Å². The Kier molecular flexibility index (Phi) is 1.73. The molecule has 10 heavy (non-hydrogen) atoms. The van der Waals surface area contributed by atoms with Crippen LogP contribution in [0.3, 0.4) is 0 Å². The highest BCUT2D eigenvalue weighted by Gasteiger charge is 2.46. The van der Waals surface area contributed by atoms with Gasteiger partial charge in [-0.2, -0.15) is 0 Å². The van der Waals surface area contributed by atoms with E-state index in [2.05, 4.69) is 0 Å². The Balaban J connectivity index is 2.67. The Bertz CT molecular complexity index is 124. The first-order valence-corrected chi connectivity index (χ1v) is 3.51. The Morgan fingerprint density at radius 3 is 2.40 bits per heavy atom. The second-order valence-corrected chi connectivity index (χ2v) is 3.49. The van der Waals surface area contributed by atoms with Gasteiger partial charge in [-0.15, -0.1) is 0 Å². The lowest BCUT2D eigenvalue weighted by molar-refractivity contribution is 0.0553. The van der Waals surface area contributed by atoms with Gasteiger partial charge < -0.3 is 10.5 Å². The molecule has 1 atom stereocenters. The van der Waals surface area contributed by atoms with Gasteiger partial charge in [0.2, 0.25) is 0 Å². The molecule has 0 radical (unpaired) electrons. The predicted molar refractivity (Wildman–Crippen MR) is 37.5 cm³/mol. The van der Waals surface area contributed by atoms with E-state index in [0.29, 0.717) is 13.0 Å². The fourth-order valence-corrected chi connectivity index (χ4v) is 1.05. The van der Waals surface area contributed by atoms with Crippen molar-refractivity contribution in [1.29, 1.82) is 0 Å². The van der Waals surface area contributed by atoms with E-state index >= 15 is 0 Å². The zero-order chi connectivity index (χ0) is 7.83. The molecule has 0 spiro atoms. The molecule has 1 unspecified atom stereocenters. The maximum absolute atomic E-state index is 13.6. The van der Waals surface area contributed by atoms with Crippen molar-refractivity contribution in [2.45, 2.75) is 31.5 Å². The van der Waals surface area contributed by atoms with Crippen LogP contribution in [0, 0.1) is 0 Å². The van der Waals surface area contributed by atoms with Crippen LogP contribution in [0.2, 0.25) is 0 Å². The van der Waals surface area contributed by atoms with E-state index in [4.69, 9.17) is 10.5 Å². The summed E-state index contributed by atoms with van der Waals surface area (Å²) in [7, 11) is 0. The summed E-state index contributed by atoms with van der Waals surface area (Å²) >= 11 is 0. The molecule has 0 aromatic carbocycles. The molecule has 0 amide bonds. The molecule has 0 bridgehead atoms. The average molecular weight is 147 g/mol. The third kappa shape index (κ3) is 1.16. The van der Waals surface area contributed by atoms with Crippen LogP contribution in [-0.2, 0) is 4.74 Å². The summed E-state index contributed by atoms with van der Waals surface area (Å²) in [6.07, 6.45) is 0.427. The largest absolute Gasteiger partial charge is 0.378 e. The van der Waals surface area contributed by atoms with Gasteiger partial charge in [-0.25, -0.2) is 4.39 Å². The van der Waals surface area contributed by atoms with E-state index < -0.39 is 11.2 Å². The predicted octanol–water partition coefficient (Wildman–Crippen LogP) is 0.852. The normalized spacial score (nSPS) is 34.8. The summed E-state index contributed by atoms with van der Waals surface area (Å²) in [5, 5.41) is 0. The first-order valence-electron chi connectivity index (χ1n) is 3.51. The van der Waals surface area contributed by atoms with E-state index in [1.165, 1.54) is 0 Å². The fourth-order valence-electron chi connectivity index (χ4n) is 1.05. The fraction of sp³-hybridized carbons (Fsp3) is 1.00. The Labute approximate surface area is 60.5 Å². The molecular formula is C7H14FNO. The lowest BCUT2D eigenvalue weighted by Gasteiger charge is -2.32. The van der Waals surface area contributed by atoms with Crippen molar-refractivity contribution in [3.63, 3.8) is 0 Å². The highest BCUT2D eigenvalue weighted by Crippen LogP contribution is 2.32. The van der Waals surface area contributed by atoms with Crippen LogP contribution in [0.5, 0.6) is 0 Å². The highest BCUT2D eigenvalue weighted by molar-refractivity contribution is 5.00.